The van der Waals surface area contributed by atoms with Gasteiger partial charge in [-0.1, -0.05) is 12.1 Å². The summed E-state index contributed by atoms with van der Waals surface area (Å²) in [6, 6.07) is 12.1. The highest BCUT2D eigenvalue weighted by Gasteiger charge is 2.22. The fourth-order valence-corrected chi connectivity index (χ4v) is 3.78. The van der Waals surface area contributed by atoms with E-state index in [0.29, 0.717) is 16.9 Å². The van der Waals surface area contributed by atoms with Gasteiger partial charge in [-0.15, -0.1) is 0 Å². The third-order valence-electron chi connectivity index (χ3n) is 5.34. The third-order valence-corrected chi connectivity index (χ3v) is 5.34. The summed E-state index contributed by atoms with van der Waals surface area (Å²) in [6.07, 6.45) is 2.22. The second kappa shape index (κ2) is 8.14. The van der Waals surface area contributed by atoms with Crippen molar-refractivity contribution in [2.75, 3.05) is 6.61 Å². The zero-order chi connectivity index (χ0) is 21.3. The van der Waals surface area contributed by atoms with E-state index in [1.807, 2.05) is 19.1 Å². The number of ketones is 1. The molecule has 0 fully saturated rings. The first-order valence-electron chi connectivity index (χ1n) is 9.93. The van der Waals surface area contributed by atoms with Crippen molar-refractivity contribution >= 4 is 22.7 Å². The maximum absolute atomic E-state index is 12.6. The molecule has 30 heavy (non-hydrogen) atoms. The van der Waals surface area contributed by atoms with E-state index in [-0.39, 0.29) is 12.4 Å². The lowest BCUT2D eigenvalue weighted by Gasteiger charge is -2.14. The second-order valence-corrected chi connectivity index (χ2v) is 7.53. The molecule has 154 valence electrons. The van der Waals surface area contributed by atoms with Crippen LogP contribution in [0.1, 0.15) is 40.4 Å². The van der Waals surface area contributed by atoms with Crippen molar-refractivity contribution in [1.82, 2.24) is 0 Å². The van der Waals surface area contributed by atoms with Crippen LogP contribution in [0.15, 0.2) is 51.7 Å². The molecule has 0 spiro atoms. The Bertz CT molecular complexity index is 1190. The summed E-state index contributed by atoms with van der Waals surface area (Å²) in [7, 11) is 0. The highest BCUT2D eigenvalue weighted by atomic mass is 16.6. The van der Waals surface area contributed by atoms with Crippen LogP contribution in [0.25, 0.3) is 11.0 Å². The molecule has 6 heteroatoms. The first kappa shape index (κ1) is 19.9. The molecule has 4 rings (SSSR count). The second-order valence-electron chi connectivity index (χ2n) is 7.53. The van der Waals surface area contributed by atoms with Gasteiger partial charge in [-0.25, -0.2) is 9.59 Å². The van der Waals surface area contributed by atoms with Gasteiger partial charge in [-0.3, -0.25) is 4.79 Å². The van der Waals surface area contributed by atoms with Crippen LogP contribution in [0.3, 0.4) is 0 Å². The van der Waals surface area contributed by atoms with Crippen LogP contribution in [-0.4, -0.2) is 24.5 Å². The molecule has 1 aliphatic rings. The Morgan fingerprint density at radius 1 is 1.07 bits per heavy atom. The van der Waals surface area contributed by atoms with Gasteiger partial charge in [0.1, 0.15) is 11.3 Å². The number of carbonyl (C=O) groups excluding carboxylic acids is 2. The number of benzene rings is 2. The molecular weight excluding hydrogens is 384 g/mol. The summed E-state index contributed by atoms with van der Waals surface area (Å²) in [4.78, 5) is 36.3. The van der Waals surface area contributed by atoms with Crippen LogP contribution >= 0.6 is 0 Å². The molecule has 6 nitrogen and oxygen atoms in total. The molecule has 0 bridgehead atoms. The molecule has 2 aromatic carbocycles. The van der Waals surface area contributed by atoms with E-state index in [4.69, 9.17) is 13.9 Å². The van der Waals surface area contributed by atoms with Gasteiger partial charge < -0.3 is 13.9 Å². The summed E-state index contributed by atoms with van der Waals surface area (Å²) in [5.41, 5.74) is 3.76. The fourth-order valence-electron chi connectivity index (χ4n) is 3.78. The highest BCUT2D eigenvalue weighted by molar-refractivity contribution is 6.00. The lowest BCUT2D eigenvalue weighted by molar-refractivity contribution is -0.148. The van der Waals surface area contributed by atoms with Crippen molar-refractivity contribution in [3.05, 3.63) is 75.1 Å². The minimum absolute atomic E-state index is 0.235. The zero-order valence-electron chi connectivity index (χ0n) is 16.9. The molecule has 1 heterocycles. The average molecular weight is 406 g/mol. The highest BCUT2D eigenvalue weighted by Crippen LogP contribution is 2.24. The molecule has 0 unspecified atom stereocenters. The minimum atomic E-state index is -0.905. The van der Waals surface area contributed by atoms with Gasteiger partial charge in [-0.05, 0) is 68.0 Å². The van der Waals surface area contributed by atoms with Crippen LogP contribution in [0, 0.1) is 6.92 Å². The number of hydrogen-bond acceptors (Lipinski definition) is 6. The summed E-state index contributed by atoms with van der Waals surface area (Å²) in [5.74, 6) is -0.519. The van der Waals surface area contributed by atoms with Crippen molar-refractivity contribution in [3.63, 3.8) is 0 Å². The third kappa shape index (κ3) is 4.13. The molecule has 3 aromatic rings. The monoisotopic (exact) mass is 406 g/mol. The quantitative estimate of drug-likeness (QED) is 0.352. The molecule has 0 saturated carbocycles. The Balaban J connectivity index is 1.37. The number of Topliss-reactive ketones (excluding diaryl/α,β-unsaturated/α-hetero) is 1. The van der Waals surface area contributed by atoms with Gasteiger partial charge in [0.05, 0.1) is 0 Å². The molecule has 0 N–H and O–H groups in total. The average Bonchev–Trinajstić information content (AvgIpc) is 3.19. The van der Waals surface area contributed by atoms with Crippen molar-refractivity contribution < 1.29 is 23.5 Å². The number of carbonyl (C=O) groups is 2. The van der Waals surface area contributed by atoms with Crippen molar-refractivity contribution in [2.24, 2.45) is 0 Å². The van der Waals surface area contributed by atoms with E-state index in [1.54, 1.807) is 31.2 Å². The summed E-state index contributed by atoms with van der Waals surface area (Å²) in [5, 5.41) is 0.790. The van der Waals surface area contributed by atoms with Crippen LogP contribution in [0.4, 0.5) is 0 Å². The van der Waals surface area contributed by atoms with E-state index in [1.165, 1.54) is 17.2 Å². The number of fused-ring (bicyclic) bond motifs is 2. The topological polar surface area (TPSA) is 82.8 Å². The van der Waals surface area contributed by atoms with E-state index in [0.717, 1.165) is 30.2 Å². The minimum Gasteiger partial charge on any atom is -0.482 e. The number of ether oxygens (including phenoxy) is 2. The zero-order valence-corrected chi connectivity index (χ0v) is 16.9. The predicted octanol–water partition coefficient (Wildman–Crippen LogP) is 3.78. The number of hydrogen-bond donors (Lipinski definition) is 0. The maximum Gasteiger partial charge on any atom is 0.344 e. The standard InChI is InChI=1S/C24H22O6/c1-14-10-22(25)30-21-12-19(8-9-20(14)21)28-13-23(26)29-15(2)24(27)18-7-6-16-4-3-5-17(16)11-18/h6-12,15H,3-5,13H2,1-2H3/t15-/m1/s1. The predicted molar refractivity (Wildman–Crippen MR) is 111 cm³/mol. The van der Waals surface area contributed by atoms with E-state index >= 15 is 0 Å². The Labute approximate surface area is 173 Å². The lowest BCUT2D eigenvalue weighted by Crippen LogP contribution is -2.27. The van der Waals surface area contributed by atoms with Gasteiger partial charge in [-0.2, -0.15) is 0 Å². The summed E-state index contributed by atoms with van der Waals surface area (Å²) < 4.78 is 15.9. The Kier molecular flexibility index (Phi) is 5.40. The SMILES string of the molecule is Cc1cc(=O)oc2cc(OCC(=O)O[C@H](C)C(=O)c3ccc4c(c3)CCC4)ccc12. The van der Waals surface area contributed by atoms with Crippen LogP contribution < -0.4 is 10.4 Å². The summed E-state index contributed by atoms with van der Waals surface area (Å²) >= 11 is 0. The number of rotatable bonds is 6. The molecule has 0 amide bonds. The molecular formula is C24H22O6. The van der Waals surface area contributed by atoms with Crippen LogP contribution in [0.2, 0.25) is 0 Å². The molecule has 0 saturated heterocycles. The number of aryl methyl sites for hydroxylation is 3. The van der Waals surface area contributed by atoms with Crippen molar-refractivity contribution in [1.29, 1.82) is 0 Å². The number of esters is 1. The van der Waals surface area contributed by atoms with E-state index in [9.17, 15) is 14.4 Å². The van der Waals surface area contributed by atoms with Gasteiger partial charge in [0.2, 0.25) is 5.78 Å². The molecule has 1 atom stereocenters. The van der Waals surface area contributed by atoms with Crippen LogP contribution in [0.5, 0.6) is 5.75 Å². The largest absolute Gasteiger partial charge is 0.482 e. The summed E-state index contributed by atoms with van der Waals surface area (Å²) in [6.45, 7) is 3.01. The van der Waals surface area contributed by atoms with E-state index < -0.39 is 17.7 Å². The Hall–Kier alpha value is -3.41. The normalized spacial score (nSPS) is 13.7. The van der Waals surface area contributed by atoms with E-state index in [2.05, 4.69) is 0 Å². The first-order chi connectivity index (χ1) is 14.4. The molecule has 1 aromatic heterocycles. The van der Waals surface area contributed by atoms with Crippen molar-refractivity contribution in [3.8, 4) is 5.75 Å². The Morgan fingerprint density at radius 2 is 1.87 bits per heavy atom. The lowest BCUT2D eigenvalue weighted by atomic mass is 10.0. The maximum atomic E-state index is 12.6. The molecule has 0 radical (unpaired) electrons. The van der Waals surface area contributed by atoms with Crippen molar-refractivity contribution in [2.45, 2.75) is 39.2 Å². The molecule has 1 aliphatic carbocycles. The fraction of sp³-hybridized carbons (Fsp3) is 0.292. The Morgan fingerprint density at radius 3 is 2.70 bits per heavy atom. The van der Waals surface area contributed by atoms with Gasteiger partial charge >= 0.3 is 11.6 Å². The van der Waals surface area contributed by atoms with Crippen LogP contribution in [-0.2, 0) is 22.4 Å². The first-order valence-corrected chi connectivity index (χ1v) is 9.93. The smallest absolute Gasteiger partial charge is 0.344 e. The van der Waals surface area contributed by atoms with Gasteiger partial charge in [0, 0.05) is 23.1 Å². The van der Waals surface area contributed by atoms with Gasteiger partial charge in [0.25, 0.3) is 0 Å². The van der Waals surface area contributed by atoms with Gasteiger partial charge in [0.15, 0.2) is 12.7 Å². The molecule has 0 aliphatic heterocycles.